The van der Waals surface area contributed by atoms with Gasteiger partial charge in [0.1, 0.15) is 23.2 Å². The Labute approximate surface area is 73.3 Å². The van der Waals surface area contributed by atoms with Crippen LogP contribution in [0.4, 0.5) is 8.78 Å². The standard InChI is InChI=1S/C8H6F2N2O/c1-4-2-6(13)7(8(9)10)12-5(4)3-11/h2,8,13H,1H3. The molecule has 0 amide bonds. The highest BCUT2D eigenvalue weighted by Crippen LogP contribution is 2.27. The molecule has 0 fully saturated rings. The predicted octanol–water partition coefficient (Wildman–Crippen LogP) is 1.90. The highest BCUT2D eigenvalue weighted by Gasteiger charge is 2.16. The van der Waals surface area contributed by atoms with E-state index in [0.717, 1.165) is 6.07 Å². The molecule has 0 aliphatic rings. The number of aromatic hydroxyl groups is 1. The number of nitriles is 1. The fourth-order valence-electron chi connectivity index (χ4n) is 0.887. The van der Waals surface area contributed by atoms with Crippen molar-refractivity contribution in [3.63, 3.8) is 0 Å². The fourth-order valence-corrected chi connectivity index (χ4v) is 0.887. The monoisotopic (exact) mass is 184 g/mol. The van der Waals surface area contributed by atoms with E-state index in [4.69, 9.17) is 10.4 Å². The maximum absolute atomic E-state index is 12.1. The third-order valence-corrected chi connectivity index (χ3v) is 1.53. The maximum Gasteiger partial charge on any atom is 0.284 e. The van der Waals surface area contributed by atoms with Crippen molar-refractivity contribution in [1.29, 1.82) is 5.26 Å². The number of halogens is 2. The lowest BCUT2D eigenvalue weighted by Gasteiger charge is -2.04. The van der Waals surface area contributed by atoms with Crippen molar-refractivity contribution < 1.29 is 13.9 Å². The van der Waals surface area contributed by atoms with E-state index in [1.807, 2.05) is 0 Å². The van der Waals surface area contributed by atoms with Gasteiger partial charge in [0.25, 0.3) is 6.43 Å². The molecule has 0 atom stereocenters. The molecule has 13 heavy (non-hydrogen) atoms. The van der Waals surface area contributed by atoms with E-state index in [2.05, 4.69) is 4.98 Å². The third-order valence-electron chi connectivity index (χ3n) is 1.53. The summed E-state index contributed by atoms with van der Waals surface area (Å²) in [6.07, 6.45) is -2.87. The average molecular weight is 184 g/mol. The van der Waals surface area contributed by atoms with Gasteiger partial charge in [-0.05, 0) is 18.6 Å². The molecule has 68 valence electrons. The second-order valence-electron chi connectivity index (χ2n) is 2.47. The molecule has 1 heterocycles. The van der Waals surface area contributed by atoms with Crippen LogP contribution in [0.15, 0.2) is 6.07 Å². The Morgan fingerprint density at radius 3 is 2.69 bits per heavy atom. The third kappa shape index (κ3) is 1.72. The highest BCUT2D eigenvalue weighted by molar-refractivity contribution is 5.39. The molecular formula is C8H6F2N2O. The molecule has 0 spiro atoms. The molecule has 1 rings (SSSR count). The van der Waals surface area contributed by atoms with Crippen LogP contribution >= 0.6 is 0 Å². The molecule has 0 aromatic carbocycles. The molecule has 1 aromatic rings. The number of aromatic nitrogens is 1. The first-order chi connectivity index (χ1) is 6.06. The van der Waals surface area contributed by atoms with Gasteiger partial charge in [-0.1, -0.05) is 0 Å². The van der Waals surface area contributed by atoms with Crippen LogP contribution < -0.4 is 0 Å². The Balaban J connectivity index is 3.33. The SMILES string of the molecule is Cc1cc(O)c(C(F)F)nc1C#N. The second-order valence-corrected chi connectivity index (χ2v) is 2.47. The summed E-state index contributed by atoms with van der Waals surface area (Å²) in [4.78, 5) is 3.33. The number of hydrogen-bond acceptors (Lipinski definition) is 3. The molecule has 3 nitrogen and oxygen atoms in total. The van der Waals surface area contributed by atoms with E-state index in [0.29, 0.717) is 5.56 Å². The first-order valence-electron chi connectivity index (χ1n) is 3.45. The summed E-state index contributed by atoms with van der Waals surface area (Å²) in [5.41, 5.74) is -0.459. The number of hydrogen-bond donors (Lipinski definition) is 1. The van der Waals surface area contributed by atoms with Crippen LogP contribution in [0.5, 0.6) is 5.75 Å². The Morgan fingerprint density at radius 1 is 1.62 bits per heavy atom. The van der Waals surface area contributed by atoms with Gasteiger partial charge in [-0.25, -0.2) is 13.8 Å². The predicted molar refractivity (Wildman–Crippen MR) is 40.3 cm³/mol. The molecule has 1 N–H and O–H groups in total. The van der Waals surface area contributed by atoms with Crippen molar-refractivity contribution in [2.75, 3.05) is 0 Å². The van der Waals surface area contributed by atoms with Crippen LogP contribution in [0.25, 0.3) is 0 Å². The fraction of sp³-hybridized carbons (Fsp3) is 0.250. The number of rotatable bonds is 1. The van der Waals surface area contributed by atoms with Crippen molar-refractivity contribution in [1.82, 2.24) is 4.98 Å². The summed E-state index contributed by atoms with van der Waals surface area (Å²) in [7, 11) is 0. The number of pyridine rings is 1. The maximum atomic E-state index is 12.1. The molecule has 0 unspecified atom stereocenters. The molecule has 0 saturated heterocycles. The molecular weight excluding hydrogens is 178 g/mol. The Kier molecular flexibility index (Phi) is 2.42. The minimum atomic E-state index is -2.87. The summed E-state index contributed by atoms with van der Waals surface area (Å²) < 4.78 is 24.3. The molecule has 0 bridgehead atoms. The van der Waals surface area contributed by atoms with Crippen LogP contribution in [0.2, 0.25) is 0 Å². The van der Waals surface area contributed by atoms with Gasteiger partial charge >= 0.3 is 0 Å². The topological polar surface area (TPSA) is 56.9 Å². The van der Waals surface area contributed by atoms with E-state index in [-0.39, 0.29) is 5.69 Å². The van der Waals surface area contributed by atoms with Crippen molar-refractivity contribution in [2.45, 2.75) is 13.3 Å². The van der Waals surface area contributed by atoms with Crippen LogP contribution in [0, 0.1) is 18.3 Å². The molecule has 0 aliphatic carbocycles. The van der Waals surface area contributed by atoms with Crippen LogP contribution in [0.3, 0.4) is 0 Å². The van der Waals surface area contributed by atoms with Gasteiger partial charge in [0.15, 0.2) is 0 Å². The van der Waals surface area contributed by atoms with Crippen LogP contribution in [-0.2, 0) is 0 Å². The van der Waals surface area contributed by atoms with Crippen molar-refractivity contribution >= 4 is 0 Å². The van der Waals surface area contributed by atoms with Gasteiger partial charge in [0.2, 0.25) is 0 Å². The zero-order valence-corrected chi connectivity index (χ0v) is 6.75. The number of alkyl halides is 2. The van der Waals surface area contributed by atoms with Crippen molar-refractivity contribution in [2.24, 2.45) is 0 Å². The van der Waals surface area contributed by atoms with E-state index in [9.17, 15) is 8.78 Å². The van der Waals surface area contributed by atoms with E-state index in [1.165, 1.54) is 6.92 Å². The lowest BCUT2D eigenvalue weighted by atomic mass is 10.2. The summed E-state index contributed by atoms with van der Waals surface area (Å²) in [6.45, 7) is 1.51. The average Bonchev–Trinajstić information content (AvgIpc) is 2.03. The van der Waals surface area contributed by atoms with Crippen LogP contribution in [0.1, 0.15) is 23.4 Å². The van der Waals surface area contributed by atoms with Crippen molar-refractivity contribution in [3.8, 4) is 11.8 Å². The minimum Gasteiger partial charge on any atom is -0.506 e. The van der Waals surface area contributed by atoms with Gasteiger partial charge in [-0.15, -0.1) is 0 Å². The van der Waals surface area contributed by atoms with Gasteiger partial charge < -0.3 is 5.11 Å². The first-order valence-corrected chi connectivity index (χ1v) is 3.45. The smallest absolute Gasteiger partial charge is 0.284 e. The van der Waals surface area contributed by atoms with Crippen molar-refractivity contribution in [3.05, 3.63) is 23.0 Å². The molecule has 1 aromatic heterocycles. The summed E-state index contributed by atoms with van der Waals surface area (Å²) in [6, 6.07) is 2.77. The van der Waals surface area contributed by atoms with Gasteiger partial charge in [0, 0.05) is 0 Å². The van der Waals surface area contributed by atoms with Gasteiger partial charge in [-0.2, -0.15) is 5.26 Å². The molecule has 5 heteroatoms. The summed E-state index contributed by atoms with van der Waals surface area (Å²) in [5, 5.41) is 17.5. The highest BCUT2D eigenvalue weighted by atomic mass is 19.3. The second kappa shape index (κ2) is 3.35. The largest absolute Gasteiger partial charge is 0.506 e. The number of nitrogens with zero attached hydrogens (tertiary/aromatic N) is 2. The zero-order chi connectivity index (χ0) is 10.0. The Hall–Kier alpha value is -1.70. The minimum absolute atomic E-state index is 0.0897. The van der Waals surface area contributed by atoms with Crippen LogP contribution in [-0.4, -0.2) is 10.1 Å². The lowest BCUT2D eigenvalue weighted by molar-refractivity contribution is 0.141. The summed E-state index contributed by atoms with van der Waals surface area (Å²) >= 11 is 0. The molecule has 0 radical (unpaired) electrons. The Bertz CT molecular complexity index is 371. The van der Waals surface area contributed by atoms with Gasteiger partial charge in [-0.3, -0.25) is 0 Å². The van der Waals surface area contributed by atoms with Gasteiger partial charge in [0.05, 0.1) is 0 Å². The molecule has 0 aliphatic heterocycles. The Morgan fingerprint density at radius 2 is 2.23 bits per heavy atom. The lowest BCUT2D eigenvalue weighted by Crippen LogP contribution is -1.96. The van der Waals surface area contributed by atoms with E-state index < -0.39 is 17.9 Å². The normalized spacial score (nSPS) is 10.1. The first kappa shape index (κ1) is 9.39. The quantitative estimate of drug-likeness (QED) is 0.725. The molecule has 0 saturated carbocycles. The zero-order valence-electron chi connectivity index (χ0n) is 6.75. The van der Waals surface area contributed by atoms with E-state index >= 15 is 0 Å². The number of aryl methyl sites for hydroxylation is 1. The van der Waals surface area contributed by atoms with E-state index in [1.54, 1.807) is 6.07 Å². The summed E-state index contributed by atoms with van der Waals surface area (Å²) in [5.74, 6) is -0.577.